The number of ether oxygens (including phenoxy) is 3. The van der Waals surface area contributed by atoms with E-state index in [0.29, 0.717) is 33.9 Å². The monoisotopic (exact) mass is 368 g/mol. The number of nitrogens with one attached hydrogen (secondary N) is 2. The second-order valence-corrected chi connectivity index (χ2v) is 5.86. The average molecular weight is 368 g/mol. The summed E-state index contributed by atoms with van der Waals surface area (Å²) in [5.74, 6) is 1.37. The summed E-state index contributed by atoms with van der Waals surface area (Å²) in [6.07, 6.45) is 0. The van der Waals surface area contributed by atoms with Crippen molar-refractivity contribution < 1.29 is 19.0 Å². The molecular weight excluding hydrogens is 348 g/mol. The quantitative estimate of drug-likeness (QED) is 0.698. The van der Waals surface area contributed by atoms with E-state index in [9.17, 15) is 9.59 Å². The predicted octanol–water partition coefficient (Wildman–Crippen LogP) is 2.48. The molecule has 0 aliphatic rings. The number of pyridine rings is 1. The second kappa shape index (κ2) is 7.82. The molecule has 0 unspecified atom stereocenters. The third-order valence-electron chi connectivity index (χ3n) is 4.18. The Morgan fingerprint density at radius 1 is 0.926 bits per heavy atom. The van der Waals surface area contributed by atoms with Gasteiger partial charge in [-0.15, -0.1) is 0 Å². The van der Waals surface area contributed by atoms with Crippen LogP contribution in [-0.2, 0) is 6.54 Å². The molecule has 1 amide bonds. The molecule has 3 aromatic rings. The molecular formula is C20H20N2O5. The van der Waals surface area contributed by atoms with E-state index in [4.69, 9.17) is 14.2 Å². The van der Waals surface area contributed by atoms with Crippen LogP contribution in [0.5, 0.6) is 17.2 Å². The minimum atomic E-state index is -0.336. The molecule has 0 bridgehead atoms. The van der Waals surface area contributed by atoms with Gasteiger partial charge in [0.2, 0.25) is 0 Å². The number of amides is 1. The summed E-state index contributed by atoms with van der Waals surface area (Å²) < 4.78 is 15.6. The number of fused-ring (bicyclic) bond motifs is 1. The number of rotatable bonds is 6. The topological polar surface area (TPSA) is 89.7 Å². The zero-order valence-electron chi connectivity index (χ0n) is 15.3. The van der Waals surface area contributed by atoms with E-state index in [-0.39, 0.29) is 18.0 Å². The van der Waals surface area contributed by atoms with Crippen LogP contribution in [0.2, 0.25) is 0 Å². The van der Waals surface area contributed by atoms with Gasteiger partial charge in [0.25, 0.3) is 11.5 Å². The van der Waals surface area contributed by atoms with E-state index in [1.54, 1.807) is 43.5 Å². The van der Waals surface area contributed by atoms with Gasteiger partial charge in [0.05, 0.1) is 21.3 Å². The van der Waals surface area contributed by atoms with Gasteiger partial charge in [0.15, 0.2) is 0 Å². The van der Waals surface area contributed by atoms with Gasteiger partial charge >= 0.3 is 0 Å². The van der Waals surface area contributed by atoms with Crippen molar-refractivity contribution in [1.29, 1.82) is 0 Å². The summed E-state index contributed by atoms with van der Waals surface area (Å²) in [5, 5.41) is 3.57. The lowest BCUT2D eigenvalue weighted by Crippen LogP contribution is -2.26. The maximum absolute atomic E-state index is 12.5. The normalized spacial score (nSPS) is 10.5. The van der Waals surface area contributed by atoms with Crippen molar-refractivity contribution in [3.8, 4) is 17.2 Å². The van der Waals surface area contributed by atoms with Crippen molar-refractivity contribution in [1.82, 2.24) is 10.3 Å². The smallest absolute Gasteiger partial charge is 0.253 e. The Morgan fingerprint density at radius 2 is 1.59 bits per heavy atom. The molecule has 0 saturated carbocycles. The summed E-state index contributed by atoms with van der Waals surface area (Å²) >= 11 is 0. The number of hydrogen-bond acceptors (Lipinski definition) is 5. The molecule has 140 valence electrons. The largest absolute Gasteiger partial charge is 0.497 e. The van der Waals surface area contributed by atoms with Crippen molar-refractivity contribution >= 4 is 16.8 Å². The van der Waals surface area contributed by atoms with Gasteiger partial charge < -0.3 is 24.5 Å². The van der Waals surface area contributed by atoms with Gasteiger partial charge in [0, 0.05) is 34.6 Å². The number of H-pyrrole nitrogens is 1. The Balaban J connectivity index is 1.82. The fourth-order valence-corrected chi connectivity index (χ4v) is 2.70. The standard InChI is InChI=1S/C20H20N2O5/c1-25-15-4-5-18-12(7-15)6-14(20(24)22-18)11-21-19(23)13-8-16(26-2)10-17(9-13)27-3/h4-10H,11H2,1-3H3,(H,21,23)(H,22,24). The fourth-order valence-electron chi connectivity index (χ4n) is 2.70. The highest BCUT2D eigenvalue weighted by atomic mass is 16.5. The average Bonchev–Trinajstić information content (AvgIpc) is 2.71. The van der Waals surface area contributed by atoms with Crippen LogP contribution in [0.25, 0.3) is 10.9 Å². The molecule has 27 heavy (non-hydrogen) atoms. The molecule has 0 radical (unpaired) electrons. The van der Waals surface area contributed by atoms with E-state index in [0.717, 1.165) is 5.39 Å². The molecule has 7 heteroatoms. The van der Waals surface area contributed by atoms with E-state index < -0.39 is 0 Å². The molecule has 3 rings (SSSR count). The lowest BCUT2D eigenvalue weighted by molar-refractivity contribution is 0.0950. The summed E-state index contributed by atoms with van der Waals surface area (Å²) in [7, 11) is 4.61. The SMILES string of the molecule is COc1cc(OC)cc(C(=O)NCc2cc3cc(OC)ccc3[nH]c2=O)c1. The third kappa shape index (κ3) is 4.03. The Bertz CT molecular complexity index is 1020. The molecule has 7 nitrogen and oxygen atoms in total. The molecule has 0 atom stereocenters. The Hall–Kier alpha value is -3.48. The van der Waals surface area contributed by atoms with Crippen molar-refractivity contribution in [3.63, 3.8) is 0 Å². The van der Waals surface area contributed by atoms with Crippen molar-refractivity contribution in [2.75, 3.05) is 21.3 Å². The van der Waals surface area contributed by atoms with Crippen LogP contribution in [0.4, 0.5) is 0 Å². The molecule has 0 fully saturated rings. The maximum atomic E-state index is 12.5. The minimum absolute atomic E-state index is 0.0842. The van der Waals surface area contributed by atoms with Crippen LogP contribution >= 0.6 is 0 Å². The van der Waals surface area contributed by atoms with Gasteiger partial charge in [-0.05, 0) is 36.4 Å². The highest BCUT2D eigenvalue weighted by molar-refractivity contribution is 5.95. The first-order valence-corrected chi connectivity index (χ1v) is 8.25. The highest BCUT2D eigenvalue weighted by Crippen LogP contribution is 2.22. The lowest BCUT2D eigenvalue weighted by Gasteiger charge is -2.10. The van der Waals surface area contributed by atoms with E-state index in [1.807, 2.05) is 6.07 Å². The number of aromatic nitrogens is 1. The molecule has 2 aromatic carbocycles. The van der Waals surface area contributed by atoms with Crippen LogP contribution < -0.4 is 25.1 Å². The predicted molar refractivity (Wildman–Crippen MR) is 102 cm³/mol. The summed E-state index contributed by atoms with van der Waals surface area (Å²) in [4.78, 5) is 27.5. The van der Waals surface area contributed by atoms with E-state index >= 15 is 0 Å². The van der Waals surface area contributed by atoms with Crippen molar-refractivity contribution in [2.45, 2.75) is 6.54 Å². The zero-order chi connectivity index (χ0) is 19.4. The molecule has 0 aliphatic heterocycles. The van der Waals surface area contributed by atoms with E-state index in [1.165, 1.54) is 14.2 Å². The molecule has 1 aromatic heterocycles. The molecule has 0 aliphatic carbocycles. The highest BCUT2D eigenvalue weighted by Gasteiger charge is 2.11. The summed E-state index contributed by atoms with van der Waals surface area (Å²) in [6, 6.07) is 12.0. The van der Waals surface area contributed by atoms with Gasteiger partial charge in [0.1, 0.15) is 17.2 Å². The number of carbonyl (C=O) groups excluding carboxylic acids is 1. The van der Waals surface area contributed by atoms with Gasteiger partial charge in [-0.25, -0.2) is 0 Å². The molecule has 1 heterocycles. The zero-order valence-corrected chi connectivity index (χ0v) is 15.3. The number of carbonyl (C=O) groups is 1. The van der Waals surface area contributed by atoms with Gasteiger partial charge in [-0.1, -0.05) is 0 Å². The Morgan fingerprint density at radius 3 is 2.22 bits per heavy atom. The maximum Gasteiger partial charge on any atom is 0.253 e. The fraction of sp³-hybridized carbons (Fsp3) is 0.200. The summed E-state index contributed by atoms with van der Waals surface area (Å²) in [5.41, 5.74) is 1.27. The first-order valence-electron chi connectivity index (χ1n) is 8.25. The third-order valence-corrected chi connectivity index (χ3v) is 4.18. The van der Waals surface area contributed by atoms with Crippen LogP contribution in [0, 0.1) is 0 Å². The number of hydrogen-bond donors (Lipinski definition) is 2. The molecule has 0 spiro atoms. The number of aromatic amines is 1. The van der Waals surface area contributed by atoms with Crippen molar-refractivity contribution in [3.05, 3.63) is 63.9 Å². The summed E-state index contributed by atoms with van der Waals surface area (Å²) in [6.45, 7) is 0.0842. The lowest BCUT2D eigenvalue weighted by atomic mass is 10.1. The van der Waals surface area contributed by atoms with Crippen LogP contribution in [0.1, 0.15) is 15.9 Å². The number of methoxy groups -OCH3 is 3. The van der Waals surface area contributed by atoms with Crippen LogP contribution in [0.3, 0.4) is 0 Å². The Kier molecular flexibility index (Phi) is 5.30. The first kappa shape index (κ1) is 18.3. The van der Waals surface area contributed by atoms with E-state index in [2.05, 4.69) is 10.3 Å². The molecule has 0 saturated heterocycles. The van der Waals surface area contributed by atoms with Crippen LogP contribution in [-0.4, -0.2) is 32.2 Å². The number of benzene rings is 2. The van der Waals surface area contributed by atoms with Crippen LogP contribution in [0.15, 0.2) is 47.3 Å². The van der Waals surface area contributed by atoms with Gasteiger partial charge in [-0.2, -0.15) is 0 Å². The molecule has 2 N–H and O–H groups in total. The first-order chi connectivity index (χ1) is 13.0. The minimum Gasteiger partial charge on any atom is -0.497 e. The van der Waals surface area contributed by atoms with Gasteiger partial charge in [-0.3, -0.25) is 9.59 Å². The Labute approximate surface area is 155 Å². The second-order valence-electron chi connectivity index (χ2n) is 5.86. The van der Waals surface area contributed by atoms with Crippen molar-refractivity contribution in [2.24, 2.45) is 0 Å².